The molecule has 0 unspecified atom stereocenters. The maximum Gasteiger partial charge on any atom is 0.258 e. The van der Waals surface area contributed by atoms with Gasteiger partial charge in [-0.1, -0.05) is 18.2 Å². The third-order valence-corrected chi connectivity index (χ3v) is 4.86. The number of carbonyl (C=O) groups is 1. The Kier molecular flexibility index (Phi) is 3.99. The van der Waals surface area contributed by atoms with Gasteiger partial charge in [0, 0.05) is 37.7 Å². The largest absolute Gasteiger partial charge is 0.496 e. The fourth-order valence-corrected chi connectivity index (χ4v) is 3.59. The van der Waals surface area contributed by atoms with E-state index in [2.05, 4.69) is 14.6 Å². The van der Waals surface area contributed by atoms with Crippen LogP contribution in [0.4, 0.5) is 0 Å². The van der Waals surface area contributed by atoms with Gasteiger partial charge in [-0.25, -0.2) is 4.98 Å². The monoisotopic (exact) mass is 351 g/mol. The summed E-state index contributed by atoms with van der Waals surface area (Å²) >= 11 is 0. The molecule has 0 saturated heterocycles. The van der Waals surface area contributed by atoms with E-state index >= 15 is 0 Å². The molecule has 0 saturated carbocycles. The van der Waals surface area contributed by atoms with Crippen molar-refractivity contribution in [2.45, 2.75) is 26.1 Å². The second-order valence-electron chi connectivity index (χ2n) is 6.49. The van der Waals surface area contributed by atoms with Crippen LogP contribution in [0.5, 0.6) is 5.75 Å². The smallest absolute Gasteiger partial charge is 0.258 e. The van der Waals surface area contributed by atoms with Crippen molar-refractivity contribution in [3.05, 3.63) is 65.5 Å². The zero-order valence-corrected chi connectivity index (χ0v) is 15.1. The SMILES string of the molecule is COc1ccccc1[C@@H]1Cn2ccnc2CN1C(=O)c1cn(C)nc1C. The summed E-state index contributed by atoms with van der Waals surface area (Å²) in [7, 11) is 3.48. The first-order chi connectivity index (χ1) is 12.6. The van der Waals surface area contributed by atoms with E-state index in [0.29, 0.717) is 18.7 Å². The Balaban J connectivity index is 1.79. The van der Waals surface area contributed by atoms with Gasteiger partial charge in [-0.3, -0.25) is 9.48 Å². The normalized spacial score (nSPS) is 16.4. The van der Waals surface area contributed by atoms with E-state index in [0.717, 1.165) is 22.8 Å². The lowest BCUT2D eigenvalue weighted by Gasteiger charge is -2.37. The van der Waals surface area contributed by atoms with Crippen molar-refractivity contribution in [1.29, 1.82) is 0 Å². The van der Waals surface area contributed by atoms with E-state index < -0.39 is 0 Å². The molecule has 0 aliphatic carbocycles. The van der Waals surface area contributed by atoms with Gasteiger partial charge in [0.2, 0.25) is 0 Å². The number of nitrogens with zero attached hydrogens (tertiary/aromatic N) is 5. The number of imidazole rings is 1. The fraction of sp³-hybridized carbons (Fsp3) is 0.316. The van der Waals surface area contributed by atoms with Gasteiger partial charge in [-0.2, -0.15) is 5.10 Å². The van der Waals surface area contributed by atoms with E-state index in [1.165, 1.54) is 0 Å². The van der Waals surface area contributed by atoms with E-state index in [4.69, 9.17) is 4.74 Å². The average molecular weight is 351 g/mol. The molecule has 134 valence electrons. The van der Waals surface area contributed by atoms with Crippen LogP contribution in [0, 0.1) is 6.92 Å². The summed E-state index contributed by atoms with van der Waals surface area (Å²) < 4.78 is 9.32. The molecule has 0 spiro atoms. The molecule has 7 heteroatoms. The van der Waals surface area contributed by atoms with Crippen molar-refractivity contribution >= 4 is 5.91 Å². The second-order valence-corrected chi connectivity index (χ2v) is 6.49. The van der Waals surface area contributed by atoms with Crippen molar-refractivity contribution in [1.82, 2.24) is 24.2 Å². The summed E-state index contributed by atoms with van der Waals surface area (Å²) in [5.74, 6) is 1.62. The Labute approximate surface area is 151 Å². The molecule has 26 heavy (non-hydrogen) atoms. The lowest BCUT2D eigenvalue weighted by Crippen LogP contribution is -2.41. The van der Waals surface area contributed by atoms with Crippen LogP contribution in [0.2, 0.25) is 0 Å². The molecule has 0 N–H and O–H groups in total. The second kappa shape index (κ2) is 6.33. The molecule has 4 rings (SSSR count). The number of methoxy groups -OCH3 is 1. The van der Waals surface area contributed by atoms with Gasteiger partial charge in [0.25, 0.3) is 5.91 Å². The van der Waals surface area contributed by atoms with Crippen LogP contribution in [0.15, 0.2) is 42.9 Å². The van der Waals surface area contributed by atoms with Crippen LogP contribution in [0.25, 0.3) is 0 Å². The number of amides is 1. The lowest BCUT2D eigenvalue weighted by atomic mass is 10.0. The highest BCUT2D eigenvalue weighted by atomic mass is 16.5. The van der Waals surface area contributed by atoms with E-state index in [9.17, 15) is 4.79 Å². The van der Waals surface area contributed by atoms with E-state index in [-0.39, 0.29) is 11.9 Å². The first kappa shape index (κ1) is 16.4. The fourth-order valence-electron chi connectivity index (χ4n) is 3.59. The van der Waals surface area contributed by atoms with Crippen LogP contribution < -0.4 is 4.74 Å². The Bertz CT molecular complexity index is 959. The predicted molar refractivity (Wildman–Crippen MR) is 95.8 cm³/mol. The number of aryl methyl sites for hydroxylation is 2. The van der Waals surface area contributed by atoms with Gasteiger partial charge in [-0.15, -0.1) is 0 Å². The summed E-state index contributed by atoms with van der Waals surface area (Å²) in [6.07, 6.45) is 5.50. The van der Waals surface area contributed by atoms with Crippen LogP contribution >= 0.6 is 0 Å². The summed E-state index contributed by atoms with van der Waals surface area (Å²) in [4.78, 5) is 19.6. The van der Waals surface area contributed by atoms with Crippen molar-refractivity contribution in [2.75, 3.05) is 7.11 Å². The highest BCUT2D eigenvalue weighted by molar-refractivity contribution is 5.95. The molecule has 7 nitrogen and oxygen atoms in total. The minimum Gasteiger partial charge on any atom is -0.496 e. The number of aromatic nitrogens is 4. The highest BCUT2D eigenvalue weighted by Crippen LogP contribution is 2.35. The quantitative estimate of drug-likeness (QED) is 0.726. The molecule has 1 atom stereocenters. The molecule has 1 aliphatic rings. The van der Waals surface area contributed by atoms with Crippen LogP contribution in [-0.2, 0) is 20.1 Å². The predicted octanol–water partition coefficient (Wildman–Crippen LogP) is 2.33. The summed E-state index contributed by atoms with van der Waals surface area (Å²) in [5, 5.41) is 4.32. The number of fused-ring (bicyclic) bond motifs is 1. The maximum atomic E-state index is 13.3. The lowest BCUT2D eigenvalue weighted by molar-refractivity contribution is 0.0580. The Hall–Kier alpha value is -3.09. The first-order valence-corrected chi connectivity index (χ1v) is 8.52. The van der Waals surface area contributed by atoms with Crippen molar-refractivity contribution in [3.8, 4) is 5.75 Å². The molecule has 0 bridgehead atoms. The minimum absolute atomic E-state index is 0.0410. The van der Waals surface area contributed by atoms with Crippen LogP contribution in [0.3, 0.4) is 0 Å². The minimum atomic E-state index is -0.139. The molecule has 3 heterocycles. The number of ether oxygens (including phenoxy) is 1. The number of para-hydroxylation sites is 1. The molecule has 0 fully saturated rings. The van der Waals surface area contributed by atoms with E-state index in [1.807, 2.05) is 49.3 Å². The molecule has 1 aliphatic heterocycles. The Morgan fingerprint density at radius 1 is 1.31 bits per heavy atom. The van der Waals surface area contributed by atoms with Gasteiger partial charge in [0.05, 0.1) is 31.0 Å². The number of hydrogen-bond donors (Lipinski definition) is 0. The van der Waals surface area contributed by atoms with Crippen LogP contribution in [-0.4, -0.2) is 37.2 Å². The number of hydrogen-bond acceptors (Lipinski definition) is 4. The molecular weight excluding hydrogens is 330 g/mol. The summed E-state index contributed by atoms with van der Waals surface area (Å²) in [5.41, 5.74) is 2.34. The Morgan fingerprint density at radius 2 is 2.12 bits per heavy atom. The molecule has 0 radical (unpaired) electrons. The van der Waals surface area contributed by atoms with Gasteiger partial charge in [0.15, 0.2) is 0 Å². The molecular formula is C19H21N5O2. The van der Waals surface area contributed by atoms with Gasteiger partial charge in [-0.05, 0) is 13.0 Å². The number of carbonyl (C=O) groups excluding carboxylic acids is 1. The first-order valence-electron chi connectivity index (χ1n) is 8.52. The average Bonchev–Trinajstić information content (AvgIpc) is 3.25. The van der Waals surface area contributed by atoms with Crippen molar-refractivity contribution in [3.63, 3.8) is 0 Å². The zero-order valence-electron chi connectivity index (χ0n) is 15.1. The van der Waals surface area contributed by atoms with Gasteiger partial charge < -0.3 is 14.2 Å². The summed E-state index contributed by atoms with van der Waals surface area (Å²) in [6, 6.07) is 7.71. The molecule has 3 aromatic rings. The van der Waals surface area contributed by atoms with Gasteiger partial charge >= 0.3 is 0 Å². The van der Waals surface area contributed by atoms with Crippen molar-refractivity contribution < 1.29 is 9.53 Å². The van der Waals surface area contributed by atoms with E-state index in [1.54, 1.807) is 24.2 Å². The standard InChI is InChI=1S/C19H21N5O2/c1-13-15(10-22(2)21-13)19(25)24-12-18-20-8-9-23(18)11-16(24)14-6-4-5-7-17(14)26-3/h4-10,16H,11-12H2,1-3H3/t16-/m0/s1. The number of rotatable bonds is 3. The Morgan fingerprint density at radius 3 is 2.85 bits per heavy atom. The third-order valence-electron chi connectivity index (χ3n) is 4.86. The molecule has 2 aromatic heterocycles. The molecule has 1 amide bonds. The number of benzene rings is 1. The molecule has 1 aromatic carbocycles. The third kappa shape index (κ3) is 2.65. The van der Waals surface area contributed by atoms with Crippen molar-refractivity contribution in [2.24, 2.45) is 7.05 Å². The summed E-state index contributed by atoms with van der Waals surface area (Å²) in [6.45, 7) is 2.94. The topological polar surface area (TPSA) is 65.2 Å². The maximum absolute atomic E-state index is 13.3. The highest BCUT2D eigenvalue weighted by Gasteiger charge is 2.34. The van der Waals surface area contributed by atoms with Gasteiger partial charge in [0.1, 0.15) is 11.6 Å². The zero-order chi connectivity index (χ0) is 18.3. The van der Waals surface area contributed by atoms with Crippen LogP contribution in [0.1, 0.15) is 33.5 Å².